The predicted octanol–water partition coefficient (Wildman–Crippen LogP) is 2.53. The first-order valence-corrected chi connectivity index (χ1v) is 10.5. The van der Waals surface area contributed by atoms with Gasteiger partial charge in [0.05, 0.1) is 19.3 Å². The molecule has 30 heavy (non-hydrogen) atoms. The first kappa shape index (κ1) is 20.2. The van der Waals surface area contributed by atoms with Gasteiger partial charge in [-0.1, -0.05) is 24.3 Å². The van der Waals surface area contributed by atoms with Crippen LogP contribution in [0.5, 0.6) is 17.2 Å². The normalized spacial score (nSPS) is 20.7. The molecule has 160 valence electrons. The summed E-state index contributed by atoms with van der Waals surface area (Å²) in [5.41, 5.74) is 1.17. The fraction of sp³-hybridized carbons (Fsp3) is 0.435. The Balaban J connectivity index is 1.23. The molecule has 0 saturated carbocycles. The van der Waals surface area contributed by atoms with Crippen LogP contribution in [0.25, 0.3) is 0 Å². The minimum atomic E-state index is -0.0500. The first-order valence-electron chi connectivity index (χ1n) is 10.5. The summed E-state index contributed by atoms with van der Waals surface area (Å²) in [5.74, 6) is 3.86. The van der Waals surface area contributed by atoms with Gasteiger partial charge in [0.15, 0.2) is 17.5 Å². The number of hydrogen-bond acceptors (Lipinski definition) is 5. The lowest BCUT2D eigenvalue weighted by Crippen LogP contribution is -2.46. The number of guanidine groups is 1. The summed E-state index contributed by atoms with van der Waals surface area (Å²) in [7, 11) is 3.52. The van der Waals surface area contributed by atoms with Gasteiger partial charge in [0.25, 0.3) is 0 Å². The zero-order valence-electron chi connectivity index (χ0n) is 17.6. The van der Waals surface area contributed by atoms with Gasteiger partial charge in [0.1, 0.15) is 18.5 Å². The first-order chi connectivity index (χ1) is 14.8. The van der Waals surface area contributed by atoms with Gasteiger partial charge >= 0.3 is 0 Å². The number of nitrogens with one attached hydrogen (secondary N) is 2. The van der Waals surface area contributed by atoms with Gasteiger partial charge in [0, 0.05) is 26.7 Å². The summed E-state index contributed by atoms with van der Waals surface area (Å²) >= 11 is 0. The van der Waals surface area contributed by atoms with Crippen LogP contribution in [0.2, 0.25) is 0 Å². The Labute approximate surface area is 178 Å². The van der Waals surface area contributed by atoms with Gasteiger partial charge in [-0.05, 0) is 36.6 Å². The molecule has 1 saturated heterocycles. The maximum Gasteiger partial charge on any atom is 0.191 e. The van der Waals surface area contributed by atoms with Crippen molar-refractivity contribution in [3.05, 3.63) is 48.5 Å². The zero-order valence-corrected chi connectivity index (χ0v) is 17.6. The van der Waals surface area contributed by atoms with Gasteiger partial charge in [0.2, 0.25) is 0 Å². The summed E-state index contributed by atoms with van der Waals surface area (Å²) in [6.45, 7) is 4.06. The van der Waals surface area contributed by atoms with Crippen LogP contribution < -0.4 is 29.7 Å². The van der Waals surface area contributed by atoms with E-state index in [0.29, 0.717) is 19.1 Å². The van der Waals surface area contributed by atoms with Crippen molar-refractivity contribution < 1.29 is 14.2 Å². The second-order valence-corrected chi connectivity index (χ2v) is 7.60. The fourth-order valence-electron chi connectivity index (χ4n) is 3.94. The van der Waals surface area contributed by atoms with Gasteiger partial charge in [-0.25, -0.2) is 0 Å². The van der Waals surface area contributed by atoms with Crippen LogP contribution >= 0.6 is 0 Å². The van der Waals surface area contributed by atoms with E-state index in [1.807, 2.05) is 36.4 Å². The molecule has 1 fully saturated rings. The Morgan fingerprint density at radius 2 is 1.87 bits per heavy atom. The predicted molar refractivity (Wildman–Crippen MR) is 119 cm³/mol. The van der Waals surface area contributed by atoms with Crippen molar-refractivity contribution in [1.29, 1.82) is 0 Å². The Kier molecular flexibility index (Phi) is 6.47. The molecule has 7 nitrogen and oxygen atoms in total. The number of nitrogens with zero attached hydrogens (tertiary/aromatic N) is 2. The second kappa shape index (κ2) is 9.61. The lowest BCUT2D eigenvalue weighted by Gasteiger charge is -2.27. The largest absolute Gasteiger partial charge is 0.495 e. The SMILES string of the molecule is CN=C(NCC1CCN(c2ccccc2OC)C1)NCC1COc2ccccc2O1. The van der Waals surface area contributed by atoms with E-state index in [9.17, 15) is 0 Å². The third-order valence-electron chi connectivity index (χ3n) is 5.56. The molecule has 0 aromatic heterocycles. The summed E-state index contributed by atoms with van der Waals surface area (Å²) in [5, 5.41) is 6.81. The van der Waals surface area contributed by atoms with Gasteiger partial charge in [-0.15, -0.1) is 0 Å². The quantitative estimate of drug-likeness (QED) is 0.564. The second-order valence-electron chi connectivity index (χ2n) is 7.60. The van der Waals surface area contributed by atoms with Crippen LogP contribution in [0.3, 0.4) is 0 Å². The molecule has 0 spiro atoms. The minimum Gasteiger partial charge on any atom is -0.495 e. The highest BCUT2D eigenvalue weighted by Crippen LogP contribution is 2.32. The number of anilines is 1. The number of hydrogen-bond donors (Lipinski definition) is 2. The van der Waals surface area contributed by atoms with Gasteiger partial charge in [-0.3, -0.25) is 4.99 Å². The van der Waals surface area contributed by atoms with E-state index in [-0.39, 0.29) is 6.10 Å². The third kappa shape index (κ3) is 4.72. The Bertz CT molecular complexity index is 873. The molecule has 0 amide bonds. The molecule has 2 atom stereocenters. The minimum absolute atomic E-state index is 0.0500. The van der Waals surface area contributed by atoms with Crippen molar-refractivity contribution in [3.63, 3.8) is 0 Å². The van der Waals surface area contributed by atoms with Crippen LogP contribution in [-0.2, 0) is 0 Å². The van der Waals surface area contributed by atoms with Crippen LogP contribution in [0.1, 0.15) is 6.42 Å². The Morgan fingerprint density at radius 1 is 1.10 bits per heavy atom. The van der Waals surface area contributed by atoms with E-state index in [0.717, 1.165) is 49.3 Å². The maximum atomic E-state index is 6.00. The van der Waals surface area contributed by atoms with Crippen molar-refractivity contribution in [3.8, 4) is 17.2 Å². The summed E-state index contributed by atoms with van der Waals surface area (Å²) in [4.78, 5) is 6.74. The highest BCUT2D eigenvalue weighted by molar-refractivity contribution is 5.79. The molecule has 0 radical (unpaired) electrons. The monoisotopic (exact) mass is 410 g/mol. The number of para-hydroxylation sites is 4. The van der Waals surface area contributed by atoms with Crippen molar-refractivity contribution in [2.75, 3.05) is 51.8 Å². The molecule has 0 aliphatic carbocycles. The number of rotatable bonds is 6. The Hall–Kier alpha value is -3.09. The van der Waals surface area contributed by atoms with E-state index in [1.54, 1.807) is 14.2 Å². The molecule has 2 aliphatic heterocycles. The van der Waals surface area contributed by atoms with Crippen molar-refractivity contribution in [2.24, 2.45) is 10.9 Å². The van der Waals surface area contributed by atoms with Crippen LogP contribution in [0.15, 0.2) is 53.5 Å². The maximum absolute atomic E-state index is 6.00. The Morgan fingerprint density at radius 3 is 2.70 bits per heavy atom. The van der Waals surface area contributed by atoms with E-state index in [4.69, 9.17) is 14.2 Å². The molecule has 2 N–H and O–H groups in total. The molecule has 2 unspecified atom stereocenters. The molecular weight excluding hydrogens is 380 g/mol. The van der Waals surface area contributed by atoms with Crippen molar-refractivity contribution in [1.82, 2.24) is 10.6 Å². The number of aliphatic imine (C=N–C) groups is 1. The van der Waals surface area contributed by atoms with E-state index < -0.39 is 0 Å². The van der Waals surface area contributed by atoms with Crippen molar-refractivity contribution in [2.45, 2.75) is 12.5 Å². The van der Waals surface area contributed by atoms with Gasteiger partial charge < -0.3 is 29.7 Å². The average molecular weight is 411 g/mol. The molecule has 4 rings (SSSR count). The van der Waals surface area contributed by atoms with Crippen LogP contribution in [0, 0.1) is 5.92 Å². The molecule has 2 aromatic rings. The number of benzene rings is 2. The van der Waals surface area contributed by atoms with Crippen LogP contribution in [-0.4, -0.2) is 59.0 Å². The zero-order chi connectivity index (χ0) is 20.8. The lowest BCUT2D eigenvalue weighted by atomic mass is 10.1. The third-order valence-corrected chi connectivity index (χ3v) is 5.56. The van der Waals surface area contributed by atoms with E-state index in [2.05, 4.69) is 32.7 Å². The summed E-state index contributed by atoms with van der Waals surface area (Å²) in [6.07, 6.45) is 1.09. The van der Waals surface area contributed by atoms with Gasteiger partial charge in [-0.2, -0.15) is 0 Å². The average Bonchev–Trinajstić information content (AvgIpc) is 3.28. The highest BCUT2D eigenvalue weighted by Gasteiger charge is 2.25. The number of methoxy groups -OCH3 is 1. The standard InChI is InChI=1S/C23H30N4O3/c1-24-23(26-14-18-16-29-21-9-5-6-10-22(21)30-18)25-13-17-11-12-27(15-17)19-7-3-4-8-20(19)28-2/h3-10,17-18H,11-16H2,1-2H3,(H2,24,25,26). The smallest absolute Gasteiger partial charge is 0.191 e. The molecular formula is C23H30N4O3. The molecule has 7 heteroatoms. The van der Waals surface area contributed by atoms with Crippen molar-refractivity contribution >= 4 is 11.6 Å². The topological polar surface area (TPSA) is 67.4 Å². The summed E-state index contributed by atoms with van der Waals surface area (Å²) in [6, 6.07) is 16.0. The number of fused-ring (bicyclic) bond motifs is 1. The fourth-order valence-corrected chi connectivity index (χ4v) is 3.94. The molecule has 2 heterocycles. The molecule has 2 aliphatic rings. The molecule has 0 bridgehead atoms. The number of ether oxygens (including phenoxy) is 3. The van der Waals surface area contributed by atoms with E-state index in [1.165, 1.54) is 5.69 Å². The highest BCUT2D eigenvalue weighted by atomic mass is 16.6. The van der Waals surface area contributed by atoms with E-state index >= 15 is 0 Å². The van der Waals surface area contributed by atoms with Crippen LogP contribution in [0.4, 0.5) is 5.69 Å². The molecule has 2 aromatic carbocycles. The summed E-state index contributed by atoms with van der Waals surface area (Å²) < 4.78 is 17.3. The lowest BCUT2D eigenvalue weighted by molar-refractivity contribution is 0.0936.